The van der Waals surface area contributed by atoms with Crippen LogP contribution in [0, 0.1) is 20.8 Å². The Bertz CT molecular complexity index is 1500. The van der Waals surface area contributed by atoms with Crippen LogP contribution in [0.5, 0.6) is 11.5 Å². The van der Waals surface area contributed by atoms with Gasteiger partial charge in [-0.3, -0.25) is 4.79 Å². The fraction of sp³-hybridized carbons (Fsp3) is 0.286. The molecule has 0 spiro atoms. The summed E-state index contributed by atoms with van der Waals surface area (Å²) in [5, 5.41) is 3.64. The minimum atomic E-state index is -1.18. The fourth-order valence-electron chi connectivity index (χ4n) is 5.05. The zero-order valence-electron chi connectivity index (χ0n) is 24.8. The van der Waals surface area contributed by atoms with Gasteiger partial charge in [-0.05, 0) is 54.0 Å². The van der Waals surface area contributed by atoms with Gasteiger partial charge in [0.15, 0.2) is 8.15 Å². The molecule has 4 rings (SSSR count). The van der Waals surface area contributed by atoms with E-state index in [2.05, 4.69) is 134 Å². The largest absolute Gasteiger partial charge is 0.464 e. The first-order valence-electron chi connectivity index (χ1n) is 13.7. The second kappa shape index (κ2) is 13.2. The number of aryl methyl sites for hydroxylation is 1. The van der Waals surface area contributed by atoms with Crippen LogP contribution in [-0.4, -0.2) is 5.97 Å². The fourth-order valence-corrected chi connectivity index (χ4v) is 8.03. The molecule has 0 atom stereocenters. The molecule has 0 saturated carbocycles. The lowest BCUT2D eigenvalue weighted by molar-refractivity contribution is -0.131. The third-order valence-electron chi connectivity index (χ3n) is 7.24. The maximum atomic E-state index is 12.6. The Labute approximate surface area is 262 Å². The van der Waals surface area contributed by atoms with Gasteiger partial charge in [-0.2, -0.15) is 0 Å². The standard InChI is InChI=1S/C35H37Br2O3P/c1-22-18-26(20-36)23(2)31(32-24(3)27(21-37)19-30(35(5,6)7)34(32)39-25(4)38)33(22)40-41(28-14-10-8-11-15-28)29-16-12-9-13-17-29/h8-19H,20-21H2,1-7H3. The van der Waals surface area contributed by atoms with E-state index < -0.39 is 8.15 Å². The van der Waals surface area contributed by atoms with Crippen molar-refractivity contribution < 1.29 is 14.1 Å². The third kappa shape index (κ3) is 6.79. The number of alkyl halides is 2. The van der Waals surface area contributed by atoms with Gasteiger partial charge in [0.1, 0.15) is 11.5 Å². The number of esters is 1. The minimum Gasteiger partial charge on any atom is -0.464 e. The van der Waals surface area contributed by atoms with Gasteiger partial charge < -0.3 is 9.26 Å². The highest BCUT2D eigenvalue weighted by Crippen LogP contribution is 2.51. The Morgan fingerprint density at radius 1 is 0.756 bits per heavy atom. The van der Waals surface area contributed by atoms with Gasteiger partial charge in [0, 0.05) is 44.9 Å². The van der Waals surface area contributed by atoms with Crippen LogP contribution in [0.4, 0.5) is 0 Å². The number of benzene rings is 4. The number of carbonyl (C=O) groups is 1. The summed E-state index contributed by atoms with van der Waals surface area (Å²) in [5.41, 5.74) is 8.14. The van der Waals surface area contributed by atoms with Crippen molar-refractivity contribution in [2.24, 2.45) is 0 Å². The maximum Gasteiger partial charge on any atom is 0.308 e. The third-order valence-corrected chi connectivity index (χ3v) is 10.3. The molecule has 0 aliphatic carbocycles. The first-order chi connectivity index (χ1) is 19.5. The molecule has 0 saturated heterocycles. The highest BCUT2D eigenvalue weighted by atomic mass is 79.9. The van der Waals surface area contributed by atoms with E-state index in [1.165, 1.54) is 12.5 Å². The summed E-state index contributed by atoms with van der Waals surface area (Å²) < 4.78 is 13.3. The minimum absolute atomic E-state index is 0.262. The number of halogens is 2. The van der Waals surface area contributed by atoms with Crippen molar-refractivity contribution in [1.82, 2.24) is 0 Å². The molecule has 0 heterocycles. The smallest absolute Gasteiger partial charge is 0.308 e. The van der Waals surface area contributed by atoms with Gasteiger partial charge in [-0.25, -0.2) is 0 Å². The lowest BCUT2D eigenvalue weighted by Gasteiger charge is -2.30. The van der Waals surface area contributed by atoms with Crippen molar-refractivity contribution in [1.29, 1.82) is 0 Å². The van der Waals surface area contributed by atoms with Gasteiger partial charge in [0.05, 0.1) is 0 Å². The van der Waals surface area contributed by atoms with Crippen LogP contribution in [0.1, 0.15) is 61.1 Å². The predicted molar refractivity (Wildman–Crippen MR) is 181 cm³/mol. The molecule has 0 radical (unpaired) electrons. The maximum absolute atomic E-state index is 12.6. The van der Waals surface area contributed by atoms with E-state index in [9.17, 15) is 4.79 Å². The number of ether oxygens (including phenoxy) is 1. The highest BCUT2D eigenvalue weighted by Gasteiger charge is 2.31. The molecule has 0 N–H and O–H groups in total. The molecule has 3 nitrogen and oxygen atoms in total. The quantitative estimate of drug-likeness (QED) is 0.0797. The van der Waals surface area contributed by atoms with Crippen molar-refractivity contribution in [3.63, 3.8) is 0 Å². The van der Waals surface area contributed by atoms with E-state index in [4.69, 9.17) is 9.26 Å². The molecule has 4 aromatic carbocycles. The molecular weight excluding hydrogens is 659 g/mol. The molecule has 214 valence electrons. The molecule has 41 heavy (non-hydrogen) atoms. The van der Waals surface area contributed by atoms with Crippen molar-refractivity contribution in [3.05, 3.63) is 106 Å². The summed E-state index contributed by atoms with van der Waals surface area (Å²) in [5.74, 6) is 1.08. The van der Waals surface area contributed by atoms with Gasteiger partial charge >= 0.3 is 5.97 Å². The number of rotatable bonds is 8. The summed E-state index contributed by atoms with van der Waals surface area (Å²) in [6.45, 7) is 14.3. The Kier molecular flexibility index (Phi) is 10.2. The van der Waals surface area contributed by atoms with Crippen LogP contribution in [0.3, 0.4) is 0 Å². The molecule has 4 aromatic rings. The van der Waals surface area contributed by atoms with Crippen LogP contribution in [0.15, 0.2) is 72.8 Å². The van der Waals surface area contributed by atoms with E-state index in [1.807, 2.05) is 12.1 Å². The van der Waals surface area contributed by atoms with Gasteiger partial charge in [0.25, 0.3) is 0 Å². The van der Waals surface area contributed by atoms with Crippen molar-refractivity contribution in [3.8, 4) is 22.6 Å². The second-order valence-corrected chi connectivity index (χ2v) is 14.2. The zero-order chi connectivity index (χ0) is 29.9. The molecule has 0 aromatic heterocycles. The SMILES string of the molecule is CC(=O)Oc1c(C(C)(C)C)cc(CBr)c(C)c1-c1c(C)c(CBr)cc(C)c1OP(c1ccccc1)c1ccccc1. The van der Waals surface area contributed by atoms with E-state index in [1.54, 1.807) is 0 Å². The van der Waals surface area contributed by atoms with E-state index in [0.29, 0.717) is 16.4 Å². The summed E-state index contributed by atoms with van der Waals surface area (Å²) >= 11 is 7.45. The van der Waals surface area contributed by atoms with Gasteiger partial charge in [-0.15, -0.1) is 0 Å². The van der Waals surface area contributed by atoms with E-state index >= 15 is 0 Å². The van der Waals surface area contributed by atoms with Crippen molar-refractivity contribution in [2.75, 3.05) is 0 Å². The summed E-state index contributed by atoms with van der Waals surface area (Å²) in [7, 11) is -1.18. The first-order valence-corrected chi connectivity index (χ1v) is 17.2. The number of carbonyl (C=O) groups excluding carboxylic acids is 1. The van der Waals surface area contributed by atoms with Crippen molar-refractivity contribution in [2.45, 2.75) is 64.5 Å². The Morgan fingerprint density at radius 3 is 1.66 bits per heavy atom. The number of hydrogen-bond acceptors (Lipinski definition) is 3. The van der Waals surface area contributed by atoms with Gasteiger partial charge in [0.2, 0.25) is 0 Å². The van der Waals surface area contributed by atoms with Crippen LogP contribution < -0.4 is 19.9 Å². The molecule has 0 aliphatic heterocycles. The first kappa shape index (κ1) is 31.5. The average Bonchev–Trinajstić information content (AvgIpc) is 2.94. The Hall–Kier alpha value is -2.46. The second-order valence-electron chi connectivity index (χ2n) is 11.3. The average molecular weight is 696 g/mol. The molecular formula is C35H37Br2O3P. The Balaban J connectivity index is 2.12. The van der Waals surface area contributed by atoms with Crippen LogP contribution in [0.25, 0.3) is 11.1 Å². The molecule has 6 heteroatoms. The van der Waals surface area contributed by atoms with E-state index in [-0.39, 0.29) is 11.4 Å². The summed E-state index contributed by atoms with van der Waals surface area (Å²) in [6.07, 6.45) is 0. The molecule has 0 fully saturated rings. The predicted octanol–water partition coefficient (Wildman–Crippen LogP) is 9.72. The van der Waals surface area contributed by atoms with Crippen LogP contribution >= 0.6 is 40.0 Å². The lowest BCUT2D eigenvalue weighted by atomic mass is 9.80. The zero-order valence-corrected chi connectivity index (χ0v) is 28.8. The number of hydrogen-bond donors (Lipinski definition) is 0. The molecule has 0 bridgehead atoms. The van der Waals surface area contributed by atoms with E-state index in [0.717, 1.165) is 55.3 Å². The Morgan fingerprint density at radius 2 is 1.22 bits per heavy atom. The van der Waals surface area contributed by atoms with Crippen LogP contribution in [-0.2, 0) is 20.9 Å². The summed E-state index contributed by atoms with van der Waals surface area (Å²) in [6, 6.07) is 25.2. The normalized spacial score (nSPS) is 11.6. The lowest BCUT2D eigenvalue weighted by Crippen LogP contribution is -2.18. The van der Waals surface area contributed by atoms with Gasteiger partial charge in [-0.1, -0.05) is 125 Å². The monoisotopic (exact) mass is 694 g/mol. The molecule has 0 unspecified atom stereocenters. The topological polar surface area (TPSA) is 35.5 Å². The van der Waals surface area contributed by atoms with Crippen LogP contribution in [0.2, 0.25) is 0 Å². The summed E-state index contributed by atoms with van der Waals surface area (Å²) in [4.78, 5) is 12.6. The van der Waals surface area contributed by atoms with Crippen molar-refractivity contribution >= 4 is 56.6 Å². The molecule has 0 aliphatic rings. The molecule has 0 amide bonds. The highest BCUT2D eigenvalue weighted by molar-refractivity contribution is 9.08.